The number of benzene rings is 2. The highest BCUT2D eigenvalue weighted by Gasteiger charge is 2.32. The molecule has 2 aromatic carbocycles. The Hall–Kier alpha value is -3.02. The van der Waals surface area contributed by atoms with Crippen molar-refractivity contribution in [2.75, 3.05) is 19.5 Å². The van der Waals surface area contributed by atoms with Gasteiger partial charge in [0.15, 0.2) is 11.5 Å². The number of ether oxygens (including phenoxy) is 3. The summed E-state index contributed by atoms with van der Waals surface area (Å²) in [5, 5.41) is 2.93. The van der Waals surface area contributed by atoms with Crippen LogP contribution < -0.4 is 19.5 Å². The number of carbonyl (C=O) groups excluding carboxylic acids is 2. The van der Waals surface area contributed by atoms with Crippen molar-refractivity contribution in [1.29, 1.82) is 0 Å². The maximum Gasteiger partial charge on any atom is 0.311 e. The van der Waals surface area contributed by atoms with Gasteiger partial charge in [-0.1, -0.05) is 57.6 Å². The fourth-order valence-corrected chi connectivity index (χ4v) is 4.19. The Morgan fingerprint density at radius 2 is 1.55 bits per heavy atom. The monoisotopic (exact) mass is 453 g/mol. The minimum absolute atomic E-state index is 0.0505. The van der Waals surface area contributed by atoms with Crippen molar-refractivity contribution in [3.05, 3.63) is 47.5 Å². The molecule has 0 radical (unpaired) electrons. The zero-order valence-electron chi connectivity index (χ0n) is 19.9. The van der Waals surface area contributed by atoms with Gasteiger partial charge in [-0.2, -0.15) is 0 Å². The third kappa shape index (κ3) is 6.73. The Bertz CT molecular complexity index is 938. The Kier molecular flexibility index (Phi) is 9.16. The van der Waals surface area contributed by atoms with Gasteiger partial charge in [0, 0.05) is 18.2 Å². The molecule has 6 nitrogen and oxygen atoms in total. The number of esters is 1. The minimum Gasteiger partial charge on any atom is -0.493 e. The molecule has 1 aliphatic rings. The summed E-state index contributed by atoms with van der Waals surface area (Å²) in [4.78, 5) is 24.7. The van der Waals surface area contributed by atoms with Crippen LogP contribution in [-0.4, -0.2) is 26.1 Å². The summed E-state index contributed by atoms with van der Waals surface area (Å²) >= 11 is 0. The molecular formula is C27H35NO5. The molecule has 1 N–H and O–H groups in total. The molecule has 0 spiro atoms. The number of anilines is 1. The molecule has 33 heavy (non-hydrogen) atoms. The number of carbonyl (C=O) groups is 2. The summed E-state index contributed by atoms with van der Waals surface area (Å²) in [6.45, 7) is 2.21. The van der Waals surface area contributed by atoms with Crippen LogP contribution in [0.15, 0.2) is 36.4 Å². The molecule has 1 atom stereocenters. The van der Waals surface area contributed by atoms with Gasteiger partial charge >= 0.3 is 5.97 Å². The topological polar surface area (TPSA) is 73.9 Å². The van der Waals surface area contributed by atoms with E-state index in [1.807, 2.05) is 18.2 Å². The molecule has 2 aromatic rings. The van der Waals surface area contributed by atoms with E-state index in [0.717, 1.165) is 29.7 Å². The average Bonchev–Trinajstić information content (AvgIpc) is 3.12. The van der Waals surface area contributed by atoms with E-state index >= 15 is 0 Å². The molecular weight excluding hydrogens is 418 g/mol. The average molecular weight is 454 g/mol. The van der Waals surface area contributed by atoms with Gasteiger partial charge in [-0.05, 0) is 42.2 Å². The Morgan fingerprint density at radius 1 is 0.909 bits per heavy atom. The number of fused-ring (bicyclic) bond motifs is 1. The fraction of sp³-hybridized carbons (Fsp3) is 0.481. The van der Waals surface area contributed by atoms with Crippen molar-refractivity contribution in [2.45, 2.75) is 70.6 Å². The highest BCUT2D eigenvalue weighted by atomic mass is 16.5. The summed E-state index contributed by atoms with van der Waals surface area (Å²) in [6.07, 6.45) is 9.16. The van der Waals surface area contributed by atoms with Crippen molar-refractivity contribution in [3.8, 4) is 17.2 Å². The van der Waals surface area contributed by atoms with Gasteiger partial charge in [0.2, 0.25) is 5.91 Å². The number of hydrogen-bond donors (Lipinski definition) is 1. The van der Waals surface area contributed by atoms with E-state index in [9.17, 15) is 9.59 Å². The van der Waals surface area contributed by atoms with Crippen molar-refractivity contribution in [1.82, 2.24) is 0 Å². The number of rotatable bonds is 13. The summed E-state index contributed by atoms with van der Waals surface area (Å²) in [5.41, 5.74) is 2.63. The SMILES string of the molecule is CCCCCCCCCC(=O)Oc1ccc(CC2C(=O)Nc3cc(OC)c(OC)cc32)cc1. The molecule has 1 aliphatic heterocycles. The molecule has 3 rings (SSSR count). The third-order valence-corrected chi connectivity index (χ3v) is 6.08. The molecule has 178 valence electrons. The molecule has 1 amide bonds. The van der Waals surface area contributed by atoms with E-state index < -0.39 is 0 Å². The second kappa shape index (κ2) is 12.3. The van der Waals surface area contributed by atoms with Crippen LogP contribution in [0, 0.1) is 0 Å². The normalized spacial score (nSPS) is 14.5. The van der Waals surface area contributed by atoms with E-state index in [-0.39, 0.29) is 17.8 Å². The first-order valence-electron chi connectivity index (χ1n) is 11.9. The lowest BCUT2D eigenvalue weighted by Crippen LogP contribution is -2.14. The quantitative estimate of drug-likeness (QED) is 0.228. The molecule has 1 heterocycles. The lowest BCUT2D eigenvalue weighted by Gasteiger charge is -2.13. The first-order chi connectivity index (χ1) is 16.0. The predicted octanol–water partition coefficient (Wildman–Crippen LogP) is 6.03. The van der Waals surface area contributed by atoms with Crippen LogP contribution in [-0.2, 0) is 16.0 Å². The predicted molar refractivity (Wildman–Crippen MR) is 129 cm³/mol. The molecule has 0 bridgehead atoms. The Morgan fingerprint density at radius 3 is 2.21 bits per heavy atom. The summed E-state index contributed by atoms with van der Waals surface area (Å²) < 4.78 is 16.2. The van der Waals surface area contributed by atoms with Gasteiger partial charge in [0.05, 0.1) is 20.1 Å². The largest absolute Gasteiger partial charge is 0.493 e. The van der Waals surface area contributed by atoms with Crippen molar-refractivity contribution in [3.63, 3.8) is 0 Å². The van der Waals surface area contributed by atoms with Crippen LogP contribution in [0.1, 0.15) is 75.3 Å². The summed E-state index contributed by atoms with van der Waals surface area (Å²) in [6, 6.07) is 11.0. The lowest BCUT2D eigenvalue weighted by atomic mass is 9.93. The number of unbranched alkanes of at least 4 members (excludes halogenated alkanes) is 6. The Labute approximate surface area is 196 Å². The third-order valence-electron chi connectivity index (χ3n) is 6.08. The summed E-state index contributed by atoms with van der Waals surface area (Å²) in [7, 11) is 3.15. The first kappa shape index (κ1) is 24.6. The van der Waals surface area contributed by atoms with Crippen molar-refractivity contribution < 1.29 is 23.8 Å². The number of amides is 1. The van der Waals surface area contributed by atoms with Crippen LogP contribution in [0.4, 0.5) is 5.69 Å². The second-order valence-corrected chi connectivity index (χ2v) is 8.53. The standard InChI is InChI=1S/C27H35NO5/c1-4-5-6-7-8-9-10-11-26(29)33-20-14-12-19(13-15-20)16-22-21-17-24(31-2)25(32-3)18-23(21)28-27(22)30/h12-15,17-18,22H,4-11,16H2,1-3H3,(H,28,30). The van der Waals surface area contributed by atoms with E-state index in [2.05, 4.69) is 12.2 Å². The fourth-order valence-electron chi connectivity index (χ4n) is 4.19. The minimum atomic E-state index is -0.314. The van der Waals surface area contributed by atoms with Crippen LogP contribution >= 0.6 is 0 Å². The maximum atomic E-state index is 12.6. The number of nitrogens with one attached hydrogen (secondary N) is 1. The molecule has 0 saturated heterocycles. The Balaban J connectivity index is 1.51. The van der Waals surface area contributed by atoms with Gasteiger partial charge in [0.25, 0.3) is 0 Å². The molecule has 0 saturated carbocycles. The van der Waals surface area contributed by atoms with Gasteiger partial charge in [0.1, 0.15) is 5.75 Å². The number of methoxy groups -OCH3 is 2. The van der Waals surface area contributed by atoms with Gasteiger partial charge in [-0.3, -0.25) is 9.59 Å². The highest BCUT2D eigenvalue weighted by Crippen LogP contribution is 2.42. The van der Waals surface area contributed by atoms with Crippen molar-refractivity contribution >= 4 is 17.6 Å². The van der Waals surface area contributed by atoms with Crippen LogP contribution in [0.25, 0.3) is 0 Å². The van der Waals surface area contributed by atoms with E-state index in [4.69, 9.17) is 14.2 Å². The second-order valence-electron chi connectivity index (χ2n) is 8.53. The first-order valence-corrected chi connectivity index (χ1v) is 11.9. The maximum absolute atomic E-state index is 12.6. The van der Waals surface area contributed by atoms with Crippen LogP contribution in [0.5, 0.6) is 17.2 Å². The molecule has 1 unspecified atom stereocenters. The molecule has 0 fully saturated rings. The molecule has 0 aromatic heterocycles. The van der Waals surface area contributed by atoms with Crippen molar-refractivity contribution in [2.24, 2.45) is 0 Å². The van der Waals surface area contributed by atoms with Gasteiger partial charge in [-0.15, -0.1) is 0 Å². The van der Waals surface area contributed by atoms with Crippen LogP contribution in [0.3, 0.4) is 0 Å². The van der Waals surface area contributed by atoms with Crippen LogP contribution in [0.2, 0.25) is 0 Å². The lowest BCUT2D eigenvalue weighted by molar-refractivity contribution is -0.134. The van der Waals surface area contributed by atoms with Gasteiger partial charge in [-0.25, -0.2) is 0 Å². The van der Waals surface area contributed by atoms with Gasteiger partial charge < -0.3 is 19.5 Å². The highest BCUT2D eigenvalue weighted by molar-refractivity contribution is 6.03. The van der Waals surface area contributed by atoms with E-state index in [1.165, 1.54) is 32.1 Å². The van der Waals surface area contributed by atoms with E-state index in [0.29, 0.717) is 30.1 Å². The summed E-state index contributed by atoms with van der Waals surface area (Å²) in [5.74, 6) is 1.16. The zero-order valence-corrected chi connectivity index (χ0v) is 19.9. The molecule has 0 aliphatic carbocycles. The van der Waals surface area contributed by atoms with E-state index in [1.54, 1.807) is 32.4 Å². The smallest absolute Gasteiger partial charge is 0.311 e. The number of hydrogen-bond acceptors (Lipinski definition) is 5. The molecule has 6 heteroatoms. The zero-order chi connectivity index (χ0) is 23.6.